The number of amides is 1. The molecule has 0 aliphatic carbocycles. The molecule has 0 saturated carbocycles. The molecular formula is C17H14FNO3S. The number of halogens is 1. The van der Waals surface area contributed by atoms with Crippen molar-refractivity contribution in [2.45, 2.75) is 5.60 Å². The maximum Gasteiger partial charge on any atom is 0.254 e. The maximum atomic E-state index is 13.7. The van der Waals surface area contributed by atoms with Crippen molar-refractivity contribution >= 4 is 17.2 Å². The topological polar surface area (TPSA) is 62.5 Å². The number of hydrogen-bond acceptors (Lipinski definition) is 4. The van der Waals surface area contributed by atoms with E-state index < -0.39 is 17.3 Å². The van der Waals surface area contributed by atoms with E-state index in [9.17, 15) is 14.3 Å². The molecule has 1 amide bonds. The molecule has 23 heavy (non-hydrogen) atoms. The van der Waals surface area contributed by atoms with Crippen LogP contribution in [-0.2, 0) is 5.60 Å². The van der Waals surface area contributed by atoms with Crippen molar-refractivity contribution in [2.24, 2.45) is 0 Å². The van der Waals surface area contributed by atoms with E-state index in [1.165, 1.54) is 35.8 Å². The Morgan fingerprint density at radius 1 is 1.26 bits per heavy atom. The third-order valence-electron chi connectivity index (χ3n) is 3.55. The van der Waals surface area contributed by atoms with E-state index in [4.69, 9.17) is 4.42 Å². The number of carbonyl (C=O) groups excluding carboxylic acids is 1. The smallest absolute Gasteiger partial charge is 0.254 e. The third-order valence-corrected chi connectivity index (χ3v) is 4.23. The number of aliphatic hydroxyl groups is 1. The van der Waals surface area contributed by atoms with Crippen molar-refractivity contribution in [1.82, 2.24) is 5.32 Å². The number of furan rings is 1. The fraction of sp³-hybridized carbons (Fsp3) is 0.118. The lowest BCUT2D eigenvalue weighted by Crippen LogP contribution is -2.41. The molecule has 1 atom stereocenters. The average Bonchev–Trinajstić information content (AvgIpc) is 3.25. The zero-order chi connectivity index (χ0) is 16.3. The van der Waals surface area contributed by atoms with Gasteiger partial charge in [-0.2, -0.15) is 11.3 Å². The van der Waals surface area contributed by atoms with Gasteiger partial charge in [0.25, 0.3) is 5.91 Å². The van der Waals surface area contributed by atoms with Crippen LogP contribution in [0.2, 0.25) is 0 Å². The van der Waals surface area contributed by atoms with Gasteiger partial charge in [0.2, 0.25) is 0 Å². The number of thiophene rings is 1. The van der Waals surface area contributed by atoms with Crippen LogP contribution < -0.4 is 5.32 Å². The third kappa shape index (κ3) is 3.04. The van der Waals surface area contributed by atoms with Crippen molar-refractivity contribution in [3.05, 3.63) is 82.2 Å². The standard InChI is InChI=1S/C17H14FNO3S/c18-14-5-2-1-4-13(14)16(20)19-11-17(21,12-7-9-23-10-12)15-6-3-8-22-15/h1-10,21H,11H2,(H,19,20). The fourth-order valence-electron chi connectivity index (χ4n) is 2.29. The summed E-state index contributed by atoms with van der Waals surface area (Å²) in [5.41, 5.74) is -0.976. The van der Waals surface area contributed by atoms with Crippen molar-refractivity contribution in [3.8, 4) is 0 Å². The maximum absolute atomic E-state index is 13.7. The quantitative estimate of drug-likeness (QED) is 0.755. The number of carbonyl (C=O) groups is 1. The molecule has 0 spiro atoms. The minimum absolute atomic E-state index is 0.0698. The van der Waals surface area contributed by atoms with Gasteiger partial charge in [0.1, 0.15) is 11.6 Å². The Labute approximate surface area is 136 Å². The fourth-order valence-corrected chi connectivity index (χ4v) is 3.02. The van der Waals surface area contributed by atoms with Crippen LogP contribution in [0.4, 0.5) is 4.39 Å². The lowest BCUT2D eigenvalue weighted by Gasteiger charge is -2.25. The summed E-state index contributed by atoms with van der Waals surface area (Å²) in [5.74, 6) is -0.893. The highest BCUT2D eigenvalue weighted by molar-refractivity contribution is 7.08. The van der Waals surface area contributed by atoms with E-state index in [1.54, 1.807) is 29.6 Å². The molecule has 0 aliphatic heterocycles. The zero-order valence-corrected chi connectivity index (χ0v) is 12.8. The van der Waals surface area contributed by atoms with Gasteiger partial charge < -0.3 is 14.8 Å². The Hall–Kier alpha value is -2.44. The monoisotopic (exact) mass is 331 g/mol. The summed E-state index contributed by atoms with van der Waals surface area (Å²) < 4.78 is 19.0. The van der Waals surface area contributed by atoms with Gasteiger partial charge in [-0.3, -0.25) is 4.79 Å². The first-order valence-electron chi connectivity index (χ1n) is 6.93. The van der Waals surface area contributed by atoms with Gasteiger partial charge in [-0.25, -0.2) is 4.39 Å². The second-order valence-corrected chi connectivity index (χ2v) is 5.79. The average molecular weight is 331 g/mol. The summed E-state index contributed by atoms with van der Waals surface area (Å²) in [6, 6.07) is 10.7. The summed E-state index contributed by atoms with van der Waals surface area (Å²) in [7, 11) is 0. The number of rotatable bonds is 5. The molecule has 0 saturated heterocycles. The van der Waals surface area contributed by atoms with E-state index in [-0.39, 0.29) is 12.1 Å². The molecule has 4 nitrogen and oxygen atoms in total. The Morgan fingerprint density at radius 2 is 2.09 bits per heavy atom. The van der Waals surface area contributed by atoms with Gasteiger partial charge in [0.05, 0.1) is 18.4 Å². The molecule has 1 aromatic carbocycles. The SMILES string of the molecule is O=C(NCC(O)(c1ccsc1)c1ccco1)c1ccccc1F. The molecule has 2 aromatic heterocycles. The van der Waals surface area contributed by atoms with Crippen LogP contribution in [0.25, 0.3) is 0 Å². The molecule has 2 heterocycles. The molecule has 0 bridgehead atoms. The lowest BCUT2D eigenvalue weighted by molar-refractivity contribution is 0.0527. The summed E-state index contributed by atoms with van der Waals surface area (Å²) in [5, 5.41) is 17.2. The highest BCUT2D eigenvalue weighted by atomic mass is 32.1. The highest BCUT2D eigenvalue weighted by Gasteiger charge is 2.35. The highest BCUT2D eigenvalue weighted by Crippen LogP contribution is 2.31. The van der Waals surface area contributed by atoms with Gasteiger partial charge >= 0.3 is 0 Å². The Bertz CT molecular complexity index is 750. The van der Waals surface area contributed by atoms with Crippen LogP contribution in [0, 0.1) is 5.82 Å². The van der Waals surface area contributed by atoms with Crippen molar-refractivity contribution < 1.29 is 18.7 Å². The second kappa shape index (κ2) is 6.36. The minimum atomic E-state index is -1.51. The summed E-state index contributed by atoms with van der Waals surface area (Å²) in [6.45, 7) is -0.135. The van der Waals surface area contributed by atoms with Crippen molar-refractivity contribution in [3.63, 3.8) is 0 Å². The van der Waals surface area contributed by atoms with Crippen molar-refractivity contribution in [2.75, 3.05) is 6.54 Å². The summed E-state index contributed by atoms with van der Waals surface area (Å²) >= 11 is 1.42. The minimum Gasteiger partial charge on any atom is -0.466 e. The molecule has 6 heteroatoms. The summed E-state index contributed by atoms with van der Waals surface area (Å²) in [4.78, 5) is 12.2. The molecule has 1 unspecified atom stereocenters. The number of hydrogen-bond donors (Lipinski definition) is 2. The molecule has 0 radical (unpaired) electrons. The molecule has 118 valence electrons. The molecule has 3 rings (SSSR count). The van der Waals surface area contributed by atoms with E-state index in [0.717, 1.165) is 0 Å². The van der Waals surface area contributed by atoms with Gasteiger partial charge in [-0.15, -0.1) is 0 Å². The summed E-state index contributed by atoms with van der Waals surface area (Å²) in [6.07, 6.45) is 1.45. The molecule has 0 aliphatic rings. The second-order valence-electron chi connectivity index (χ2n) is 5.01. The number of benzene rings is 1. The lowest BCUT2D eigenvalue weighted by atomic mass is 9.93. The van der Waals surface area contributed by atoms with Gasteiger partial charge in [0, 0.05) is 5.56 Å². The molecule has 0 fully saturated rings. The van der Waals surface area contributed by atoms with E-state index in [1.807, 2.05) is 5.38 Å². The normalized spacial score (nSPS) is 13.5. The van der Waals surface area contributed by atoms with Crippen LogP contribution in [0.1, 0.15) is 21.7 Å². The van der Waals surface area contributed by atoms with Crippen LogP contribution in [0.3, 0.4) is 0 Å². The van der Waals surface area contributed by atoms with Gasteiger partial charge in [-0.05, 0) is 41.1 Å². The van der Waals surface area contributed by atoms with Gasteiger partial charge in [0.15, 0.2) is 5.60 Å². The van der Waals surface area contributed by atoms with Crippen LogP contribution in [0.5, 0.6) is 0 Å². The van der Waals surface area contributed by atoms with Crippen LogP contribution in [-0.4, -0.2) is 17.6 Å². The first-order chi connectivity index (χ1) is 11.1. The van der Waals surface area contributed by atoms with Gasteiger partial charge in [-0.1, -0.05) is 12.1 Å². The first kappa shape index (κ1) is 15.5. The largest absolute Gasteiger partial charge is 0.466 e. The van der Waals surface area contributed by atoms with E-state index >= 15 is 0 Å². The van der Waals surface area contributed by atoms with E-state index in [0.29, 0.717) is 11.3 Å². The molecular weight excluding hydrogens is 317 g/mol. The van der Waals surface area contributed by atoms with Crippen LogP contribution in [0.15, 0.2) is 63.9 Å². The van der Waals surface area contributed by atoms with E-state index in [2.05, 4.69) is 5.32 Å². The predicted octanol–water partition coefficient (Wildman–Crippen LogP) is 3.15. The predicted molar refractivity (Wildman–Crippen MR) is 84.8 cm³/mol. The first-order valence-corrected chi connectivity index (χ1v) is 7.87. The molecule has 3 aromatic rings. The Morgan fingerprint density at radius 3 is 2.74 bits per heavy atom. The van der Waals surface area contributed by atoms with Crippen LogP contribution >= 0.6 is 11.3 Å². The Balaban J connectivity index is 1.84. The van der Waals surface area contributed by atoms with Crippen molar-refractivity contribution in [1.29, 1.82) is 0 Å². The molecule has 2 N–H and O–H groups in total. The number of nitrogens with one attached hydrogen (secondary N) is 1. The Kier molecular flexibility index (Phi) is 4.27. The zero-order valence-electron chi connectivity index (χ0n) is 12.0.